The normalized spacial score (nSPS) is 17.2. The molecule has 0 saturated heterocycles. The van der Waals surface area contributed by atoms with Gasteiger partial charge in [0, 0.05) is 24.8 Å². The minimum Gasteiger partial charge on any atom is -0.478 e. The molecule has 2 unspecified atom stereocenters. The number of hydrogen-bond acceptors (Lipinski definition) is 13. The maximum absolute atomic E-state index is 16.5. The highest BCUT2D eigenvalue weighted by Gasteiger charge is 2.43. The number of carboxylic acids is 1. The van der Waals surface area contributed by atoms with Crippen molar-refractivity contribution >= 4 is 57.9 Å². The summed E-state index contributed by atoms with van der Waals surface area (Å²) < 4.78 is 116. The molecule has 0 amide bonds. The number of pyridine rings is 4. The number of fused-ring (bicyclic) bond motifs is 2. The van der Waals surface area contributed by atoms with Crippen molar-refractivity contribution in [3.05, 3.63) is 175 Å². The highest BCUT2D eigenvalue weighted by Crippen LogP contribution is 2.48. The molecule has 2 aromatic carbocycles. The minimum absolute atomic E-state index is 0.00159. The lowest BCUT2D eigenvalue weighted by Gasteiger charge is -2.30. The third-order valence-electron chi connectivity index (χ3n) is 12.5. The molecule has 386 valence electrons. The maximum atomic E-state index is 16.5. The summed E-state index contributed by atoms with van der Waals surface area (Å²) in [5.41, 5.74) is 0.00836. The lowest BCUT2D eigenvalue weighted by Crippen LogP contribution is -2.27. The van der Waals surface area contributed by atoms with Crippen molar-refractivity contribution in [3.63, 3.8) is 0 Å². The molecular weight excluding hydrogens is 1030 g/mol. The predicted molar refractivity (Wildman–Crippen MR) is 266 cm³/mol. The fraction of sp³-hybridized carbons (Fsp3) is 0.245. The van der Waals surface area contributed by atoms with Crippen LogP contribution in [0.2, 0.25) is 0 Å². The number of aromatic nitrogens is 6. The molecule has 2 aliphatic carbocycles. The number of esters is 1. The van der Waals surface area contributed by atoms with E-state index in [1.165, 1.54) is 42.8 Å². The van der Waals surface area contributed by atoms with Crippen molar-refractivity contribution in [2.24, 2.45) is 0 Å². The molecule has 2 atom stereocenters. The second-order valence-corrected chi connectivity index (χ2v) is 19.9. The van der Waals surface area contributed by atoms with E-state index in [4.69, 9.17) is 4.74 Å². The van der Waals surface area contributed by atoms with Gasteiger partial charge in [-0.2, -0.15) is 26.3 Å². The average molecular weight is 1070 g/mol. The molecule has 75 heavy (non-hydrogen) atoms. The van der Waals surface area contributed by atoms with E-state index in [1.807, 2.05) is 13.8 Å². The first-order chi connectivity index (χ1) is 35.6. The second-order valence-electron chi connectivity index (χ2n) is 17.8. The van der Waals surface area contributed by atoms with E-state index in [0.717, 1.165) is 64.7 Å². The number of aryl methyl sites for hydroxylation is 4. The van der Waals surface area contributed by atoms with Crippen LogP contribution in [-0.2, 0) is 41.3 Å². The third kappa shape index (κ3) is 11.2. The van der Waals surface area contributed by atoms with Gasteiger partial charge in [0.2, 0.25) is 0 Å². The zero-order chi connectivity index (χ0) is 53.5. The molecule has 0 aliphatic heterocycles. The molecule has 0 spiro atoms. The van der Waals surface area contributed by atoms with Crippen LogP contribution < -0.4 is 10.6 Å². The Kier molecular flexibility index (Phi) is 14.3. The first-order valence-corrected chi connectivity index (χ1v) is 24.7. The summed E-state index contributed by atoms with van der Waals surface area (Å²) in [6.45, 7) is 3.64. The summed E-state index contributed by atoms with van der Waals surface area (Å²) in [5.74, 6) is -0.960. The Morgan fingerprint density at radius 3 is 1.47 bits per heavy atom. The fourth-order valence-electron chi connectivity index (χ4n) is 8.99. The molecule has 0 saturated carbocycles. The van der Waals surface area contributed by atoms with Gasteiger partial charge in [-0.25, -0.2) is 48.3 Å². The highest BCUT2D eigenvalue weighted by molar-refractivity contribution is 7.15. The molecule has 12 nitrogen and oxygen atoms in total. The number of thiazole rings is 2. The number of rotatable bonds is 10. The van der Waals surface area contributed by atoms with E-state index in [9.17, 15) is 41.0 Å². The molecule has 2 aliphatic rings. The Bertz CT molecular complexity index is 3480. The highest BCUT2D eigenvalue weighted by atomic mass is 32.1. The summed E-state index contributed by atoms with van der Waals surface area (Å²) >= 11 is 2.30. The van der Waals surface area contributed by atoms with Gasteiger partial charge in [-0.1, -0.05) is 12.1 Å². The first kappa shape index (κ1) is 52.2. The molecule has 22 heteroatoms. The Balaban J connectivity index is 0.000000184. The Labute approximate surface area is 431 Å². The maximum Gasteiger partial charge on any atom is 0.416 e. The molecule has 8 aromatic rings. The number of nitrogens with one attached hydrogen (secondary N) is 2. The average Bonchev–Trinajstić information content (AvgIpc) is 4.10. The third-order valence-corrected chi connectivity index (χ3v) is 14.8. The van der Waals surface area contributed by atoms with Crippen molar-refractivity contribution in [1.82, 2.24) is 29.9 Å². The van der Waals surface area contributed by atoms with Crippen LogP contribution in [0.1, 0.15) is 101 Å². The summed E-state index contributed by atoms with van der Waals surface area (Å²) in [7, 11) is 1.30. The first-order valence-electron chi connectivity index (χ1n) is 23.1. The summed E-state index contributed by atoms with van der Waals surface area (Å²) in [6.07, 6.45) is -0.959. The number of anilines is 4. The van der Waals surface area contributed by atoms with Crippen LogP contribution in [0.3, 0.4) is 0 Å². The topological polar surface area (TPSA) is 165 Å². The van der Waals surface area contributed by atoms with Gasteiger partial charge < -0.3 is 20.5 Å². The van der Waals surface area contributed by atoms with Crippen molar-refractivity contribution < 1.29 is 54.6 Å². The molecule has 3 N–H and O–H groups in total. The SMILES string of the molecule is COC(=O)c1ccc2c(c1)CCCC2(F)c1ncc(-c2cc(C)cc(Nc3cc(C(F)(F)F)ccn3)n2)s1.Cc1cc(Nc2cc(C(F)(F)F)ccn2)nc(-c2cnc(C3(F)CCCc4cc(C(=O)O)ccc43)s2)c1. The number of carbonyl (C=O) groups is 2. The van der Waals surface area contributed by atoms with Gasteiger partial charge in [0.15, 0.2) is 11.3 Å². The van der Waals surface area contributed by atoms with Gasteiger partial charge >= 0.3 is 24.3 Å². The van der Waals surface area contributed by atoms with Crippen molar-refractivity contribution in [1.29, 1.82) is 0 Å². The lowest BCUT2D eigenvalue weighted by atomic mass is 9.80. The van der Waals surface area contributed by atoms with E-state index in [0.29, 0.717) is 74.9 Å². The number of hydrogen-bond donors (Lipinski definition) is 3. The number of nitrogens with zero attached hydrogens (tertiary/aromatic N) is 6. The fourth-order valence-corrected chi connectivity index (χ4v) is 11.0. The van der Waals surface area contributed by atoms with Crippen LogP contribution >= 0.6 is 22.7 Å². The number of carboxylic acid groups (broad SMARTS) is 1. The van der Waals surface area contributed by atoms with Crippen LogP contribution in [0.5, 0.6) is 0 Å². The zero-order valence-corrected chi connectivity index (χ0v) is 41.5. The Morgan fingerprint density at radius 1 is 0.600 bits per heavy atom. The monoisotopic (exact) mass is 1070 g/mol. The van der Waals surface area contributed by atoms with E-state index >= 15 is 8.78 Å². The molecule has 6 aromatic heterocycles. The van der Waals surface area contributed by atoms with Crippen LogP contribution in [-0.4, -0.2) is 54.1 Å². The number of methoxy groups -OCH3 is 1. The molecule has 10 rings (SSSR count). The van der Waals surface area contributed by atoms with E-state index < -0.39 is 46.8 Å². The predicted octanol–water partition coefficient (Wildman–Crippen LogP) is 13.9. The zero-order valence-electron chi connectivity index (χ0n) is 39.8. The van der Waals surface area contributed by atoms with Gasteiger partial charge in [-0.15, -0.1) is 22.7 Å². The number of benzene rings is 2. The summed E-state index contributed by atoms with van der Waals surface area (Å²) in [6, 6.07) is 19.8. The van der Waals surface area contributed by atoms with Gasteiger partial charge in [0.25, 0.3) is 0 Å². The molecular formula is C53H42F8N8O4S2. The van der Waals surface area contributed by atoms with Crippen LogP contribution in [0.4, 0.5) is 58.4 Å². The van der Waals surface area contributed by atoms with Crippen LogP contribution in [0, 0.1) is 13.8 Å². The summed E-state index contributed by atoms with van der Waals surface area (Å²) in [5, 5.41) is 15.4. The second kappa shape index (κ2) is 20.5. The molecule has 0 radical (unpaired) electrons. The van der Waals surface area contributed by atoms with E-state index in [1.54, 1.807) is 48.7 Å². The lowest BCUT2D eigenvalue weighted by molar-refractivity contribution is -0.138. The number of ether oxygens (including phenoxy) is 1. The molecule has 6 heterocycles. The van der Waals surface area contributed by atoms with Crippen LogP contribution in [0.25, 0.3) is 21.1 Å². The van der Waals surface area contributed by atoms with Gasteiger partial charge in [0.05, 0.1) is 50.5 Å². The van der Waals surface area contributed by atoms with Gasteiger partial charge in [0.1, 0.15) is 33.3 Å². The number of halogens is 8. The largest absolute Gasteiger partial charge is 0.478 e. The van der Waals surface area contributed by atoms with Crippen molar-refractivity contribution in [2.45, 2.75) is 76.1 Å². The van der Waals surface area contributed by atoms with Gasteiger partial charge in [-0.05, 0) is 159 Å². The Morgan fingerprint density at radius 2 is 1.04 bits per heavy atom. The van der Waals surface area contributed by atoms with E-state index in [2.05, 4.69) is 40.5 Å². The quantitative estimate of drug-likeness (QED) is 0.0878. The molecule has 0 bridgehead atoms. The van der Waals surface area contributed by atoms with Crippen molar-refractivity contribution in [3.8, 4) is 21.1 Å². The van der Waals surface area contributed by atoms with Gasteiger partial charge in [-0.3, -0.25) is 0 Å². The smallest absolute Gasteiger partial charge is 0.416 e. The van der Waals surface area contributed by atoms with Crippen molar-refractivity contribution in [2.75, 3.05) is 17.7 Å². The minimum atomic E-state index is -4.50. The number of aromatic carboxylic acids is 1. The number of carbonyl (C=O) groups excluding carboxylic acids is 1. The Hall–Kier alpha value is -7.72. The standard InChI is InChI=1S/C27H22F4N4O2S.C26H20F4N4O2S/c1-15-10-20(34-23(11-15)35-22-13-18(7-9-32-22)27(29,30)31)21-14-33-25(38-21)26(28)8-3-4-16-12-17(24(36)37-2)5-6-19(16)26;1-14-9-19(33-22(10-14)34-21-12-17(6-8-31-21)26(28,29)30)20-13-32-24(37-20)25(27)7-2-3-15-11-16(23(35)36)4-5-18(15)25/h5-7,9-14H,3-4,8H2,1-2H3,(H,32,34,35);4-6,8-13H,2-3,7H2,1H3,(H,35,36)(H,31,33,34). The number of alkyl halides is 8. The summed E-state index contributed by atoms with van der Waals surface area (Å²) in [4.78, 5) is 50.1. The van der Waals surface area contributed by atoms with Crippen LogP contribution in [0.15, 0.2) is 110 Å². The molecule has 0 fully saturated rings. The van der Waals surface area contributed by atoms with E-state index in [-0.39, 0.29) is 45.9 Å².